The maximum atomic E-state index is 5.56. The molecule has 4 N–H and O–H groups in total. The molecular weight excluding hydrogens is 279 g/mol. The fourth-order valence-corrected chi connectivity index (χ4v) is 1.41. The third-order valence-electron chi connectivity index (χ3n) is 1.70. The van der Waals surface area contributed by atoms with E-state index >= 15 is 0 Å². The molecule has 0 bridgehead atoms. The maximum Gasteiger partial charge on any atom is 0.0426 e. The van der Waals surface area contributed by atoms with Crippen LogP contribution in [0, 0.1) is 0 Å². The number of nitrogen functional groups attached to an aromatic ring is 2. The highest BCUT2D eigenvalue weighted by atomic mass is 35.5. The summed E-state index contributed by atoms with van der Waals surface area (Å²) in [6.07, 6.45) is 0. The maximum absolute atomic E-state index is 5.56. The Labute approximate surface area is 117 Å². The van der Waals surface area contributed by atoms with Gasteiger partial charge < -0.3 is 11.5 Å². The Morgan fingerprint density at radius 1 is 0.706 bits per heavy atom. The minimum Gasteiger partial charge on any atom is -0.399 e. The van der Waals surface area contributed by atoms with Crippen LogP contribution >= 0.6 is 35.6 Å². The lowest BCUT2D eigenvalue weighted by atomic mass is 10.3. The molecular formula is C12H13Cl3N2. The lowest BCUT2D eigenvalue weighted by molar-refractivity contribution is 1.69. The van der Waals surface area contributed by atoms with Crippen molar-refractivity contribution in [2.45, 2.75) is 0 Å². The van der Waals surface area contributed by atoms with E-state index in [9.17, 15) is 0 Å². The number of halogens is 3. The first-order chi connectivity index (χ1) is 7.58. The average Bonchev–Trinajstić information content (AvgIpc) is 2.17. The van der Waals surface area contributed by atoms with Crippen LogP contribution in [0.5, 0.6) is 0 Å². The lowest BCUT2D eigenvalue weighted by Crippen LogP contribution is -1.80. The van der Waals surface area contributed by atoms with Gasteiger partial charge in [0.2, 0.25) is 0 Å². The minimum atomic E-state index is 0. The molecule has 0 atom stereocenters. The number of rotatable bonds is 0. The smallest absolute Gasteiger partial charge is 0.0426 e. The molecule has 0 amide bonds. The molecule has 0 aliphatic rings. The van der Waals surface area contributed by atoms with Crippen LogP contribution in [-0.4, -0.2) is 0 Å². The molecule has 0 unspecified atom stereocenters. The third-order valence-corrected chi connectivity index (χ3v) is 2.17. The van der Waals surface area contributed by atoms with Gasteiger partial charge in [0.25, 0.3) is 0 Å². The predicted molar refractivity (Wildman–Crippen MR) is 79.0 cm³/mol. The van der Waals surface area contributed by atoms with Crippen molar-refractivity contribution < 1.29 is 0 Å². The van der Waals surface area contributed by atoms with Crippen LogP contribution < -0.4 is 11.5 Å². The minimum absolute atomic E-state index is 0. The Bertz CT molecular complexity index is 383. The fraction of sp³-hybridized carbons (Fsp3) is 0. The quantitative estimate of drug-likeness (QED) is 0.712. The van der Waals surface area contributed by atoms with Crippen molar-refractivity contribution in [1.29, 1.82) is 0 Å². The van der Waals surface area contributed by atoms with Gasteiger partial charge >= 0.3 is 0 Å². The molecule has 0 fully saturated rings. The fourth-order valence-electron chi connectivity index (χ4n) is 1.01. The number of hydrogen-bond donors (Lipinski definition) is 2. The Balaban J connectivity index is 0.000000284. The standard InChI is InChI=1S/2C6H6ClN.ClH/c2*7-5-2-1-3-6(8)4-5;/h2*1-4H,8H2;1H. The summed E-state index contributed by atoms with van der Waals surface area (Å²) < 4.78 is 0. The van der Waals surface area contributed by atoms with Crippen molar-refractivity contribution in [1.82, 2.24) is 0 Å². The summed E-state index contributed by atoms with van der Waals surface area (Å²) in [5.41, 5.74) is 12.2. The second-order valence-electron chi connectivity index (χ2n) is 3.11. The first-order valence-electron chi connectivity index (χ1n) is 4.60. The summed E-state index contributed by atoms with van der Waals surface area (Å²) in [4.78, 5) is 0. The largest absolute Gasteiger partial charge is 0.399 e. The Hall–Kier alpha value is -1.09. The topological polar surface area (TPSA) is 52.0 Å². The molecule has 0 aliphatic carbocycles. The predicted octanol–water partition coefficient (Wildman–Crippen LogP) is 4.27. The van der Waals surface area contributed by atoms with E-state index in [0.717, 1.165) is 0 Å². The van der Waals surface area contributed by atoms with Gasteiger partial charge in [0.15, 0.2) is 0 Å². The normalized spacial score (nSPS) is 8.59. The van der Waals surface area contributed by atoms with Crippen LogP contribution in [0.3, 0.4) is 0 Å². The summed E-state index contributed by atoms with van der Waals surface area (Å²) in [6, 6.07) is 14.2. The van der Waals surface area contributed by atoms with Crippen molar-refractivity contribution >= 4 is 47.0 Å². The average molecular weight is 292 g/mol. The summed E-state index contributed by atoms with van der Waals surface area (Å²) >= 11 is 11.1. The van der Waals surface area contributed by atoms with Crippen molar-refractivity contribution in [3.63, 3.8) is 0 Å². The summed E-state index contributed by atoms with van der Waals surface area (Å²) in [6.45, 7) is 0. The monoisotopic (exact) mass is 290 g/mol. The SMILES string of the molecule is Cl.Nc1cccc(Cl)c1.Nc1cccc(Cl)c1. The molecule has 2 aromatic carbocycles. The van der Waals surface area contributed by atoms with Gasteiger partial charge in [-0.15, -0.1) is 12.4 Å². The van der Waals surface area contributed by atoms with E-state index in [-0.39, 0.29) is 12.4 Å². The van der Waals surface area contributed by atoms with Gasteiger partial charge in [-0.3, -0.25) is 0 Å². The Kier molecular flexibility index (Phi) is 7.55. The van der Waals surface area contributed by atoms with E-state index < -0.39 is 0 Å². The van der Waals surface area contributed by atoms with E-state index in [4.69, 9.17) is 34.7 Å². The highest BCUT2D eigenvalue weighted by Gasteiger charge is 1.84. The van der Waals surface area contributed by atoms with Gasteiger partial charge in [-0.25, -0.2) is 0 Å². The molecule has 0 aliphatic heterocycles. The molecule has 5 heteroatoms. The van der Waals surface area contributed by atoms with Crippen LogP contribution in [0.15, 0.2) is 48.5 Å². The van der Waals surface area contributed by atoms with Crippen molar-refractivity contribution in [2.24, 2.45) is 0 Å². The van der Waals surface area contributed by atoms with E-state index in [1.54, 1.807) is 36.4 Å². The second-order valence-corrected chi connectivity index (χ2v) is 3.98. The summed E-state index contributed by atoms with van der Waals surface area (Å²) in [5, 5.41) is 1.37. The van der Waals surface area contributed by atoms with E-state index in [1.807, 2.05) is 12.1 Å². The Morgan fingerprint density at radius 2 is 1.06 bits per heavy atom. The molecule has 0 saturated carbocycles. The number of hydrogen-bond acceptors (Lipinski definition) is 2. The van der Waals surface area contributed by atoms with Gasteiger partial charge in [0, 0.05) is 21.4 Å². The zero-order chi connectivity index (χ0) is 12.0. The third kappa shape index (κ3) is 6.95. The molecule has 2 nitrogen and oxygen atoms in total. The summed E-state index contributed by atoms with van der Waals surface area (Å²) in [5.74, 6) is 0. The molecule has 2 aromatic rings. The van der Waals surface area contributed by atoms with Crippen LogP contribution in [0.4, 0.5) is 11.4 Å². The molecule has 92 valence electrons. The summed E-state index contributed by atoms with van der Waals surface area (Å²) in [7, 11) is 0. The molecule has 17 heavy (non-hydrogen) atoms. The van der Waals surface area contributed by atoms with Gasteiger partial charge in [0.05, 0.1) is 0 Å². The first kappa shape index (κ1) is 15.9. The molecule has 0 saturated heterocycles. The first-order valence-corrected chi connectivity index (χ1v) is 5.35. The van der Waals surface area contributed by atoms with Gasteiger partial charge in [0.1, 0.15) is 0 Å². The highest BCUT2D eigenvalue weighted by molar-refractivity contribution is 6.31. The van der Waals surface area contributed by atoms with Gasteiger partial charge in [-0.2, -0.15) is 0 Å². The van der Waals surface area contributed by atoms with Crippen LogP contribution in [-0.2, 0) is 0 Å². The van der Waals surface area contributed by atoms with Gasteiger partial charge in [-0.05, 0) is 36.4 Å². The van der Waals surface area contributed by atoms with E-state index in [1.165, 1.54) is 0 Å². The zero-order valence-corrected chi connectivity index (χ0v) is 11.3. The molecule has 2 rings (SSSR count). The van der Waals surface area contributed by atoms with E-state index in [0.29, 0.717) is 21.4 Å². The van der Waals surface area contributed by atoms with Gasteiger partial charge in [-0.1, -0.05) is 35.3 Å². The van der Waals surface area contributed by atoms with Crippen LogP contribution in [0.1, 0.15) is 0 Å². The zero-order valence-electron chi connectivity index (χ0n) is 8.94. The van der Waals surface area contributed by atoms with Crippen LogP contribution in [0.2, 0.25) is 10.0 Å². The van der Waals surface area contributed by atoms with Crippen molar-refractivity contribution in [2.75, 3.05) is 11.5 Å². The molecule has 0 aromatic heterocycles. The lowest BCUT2D eigenvalue weighted by Gasteiger charge is -1.89. The number of anilines is 2. The molecule has 0 spiro atoms. The molecule has 0 radical (unpaired) electrons. The number of benzene rings is 2. The molecule has 0 heterocycles. The van der Waals surface area contributed by atoms with Crippen molar-refractivity contribution in [3.8, 4) is 0 Å². The van der Waals surface area contributed by atoms with Crippen LogP contribution in [0.25, 0.3) is 0 Å². The number of nitrogens with two attached hydrogens (primary N) is 2. The van der Waals surface area contributed by atoms with Crippen molar-refractivity contribution in [3.05, 3.63) is 58.6 Å². The highest BCUT2D eigenvalue weighted by Crippen LogP contribution is 2.11. The second kappa shape index (κ2) is 8.07. The van der Waals surface area contributed by atoms with E-state index in [2.05, 4.69) is 0 Å². The Morgan fingerprint density at radius 3 is 1.24 bits per heavy atom.